The van der Waals surface area contributed by atoms with Gasteiger partial charge < -0.3 is 4.40 Å². The molecule has 102 valence electrons. The molecule has 3 rings (SSSR count). The van der Waals surface area contributed by atoms with E-state index in [-0.39, 0.29) is 0 Å². The second-order valence-corrected chi connectivity index (χ2v) is 5.65. The van der Waals surface area contributed by atoms with E-state index in [1.165, 1.54) is 16.2 Å². The van der Waals surface area contributed by atoms with E-state index >= 15 is 0 Å². The summed E-state index contributed by atoms with van der Waals surface area (Å²) in [5.74, 6) is 0. The highest BCUT2D eigenvalue weighted by molar-refractivity contribution is 7.19. The van der Waals surface area contributed by atoms with Crippen molar-refractivity contribution >= 4 is 28.5 Å². The molecular formula is C14H14N4OS. The summed E-state index contributed by atoms with van der Waals surface area (Å²) in [6, 6.07) is 4.04. The van der Waals surface area contributed by atoms with Crippen molar-refractivity contribution in [2.75, 3.05) is 11.9 Å². The van der Waals surface area contributed by atoms with Crippen LogP contribution < -0.4 is 4.90 Å². The summed E-state index contributed by atoms with van der Waals surface area (Å²) >= 11 is 1.47. The molecular weight excluding hydrogens is 272 g/mol. The molecule has 3 aromatic heterocycles. The third kappa shape index (κ3) is 1.98. The predicted molar refractivity (Wildman–Crippen MR) is 80.2 cm³/mol. The number of carbonyl (C=O) groups excluding carboxylic acids is 1. The van der Waals surface area contributed by atoms with Gasteiger partial charge in [0.25, 0.3) is 0 Å². The van der Waals surface area contributed by atoms with Crippen LogP contribution in [0.1, 0.15) is 11.3 Å². The van der Waals surface area contributed by atoms with Crippen LogP contribution in [0.15, 0.2) is 24.5 Å². The Morgan fingerprint density at radius 1 is 1.35 bits per heavy atom. The molecule has 0 N–H and O–H groups in total. The largest absolute Gasteiger partial charge is 0.306 e. The molecule has 0 aromatic carbocycles. The summed E-state index contributed by atoms with van der Waals surface area (Å²) in [4.78, 5) is 22.4. The quantitative estimate of drug-likeness (QED) is 0.696. The summed E-state index contributed by atoms with van der Waals surface area (Å²) in [5, 5.41) is 0.682. The molecule has 0 spiro atoms. The number of anilines is 1. The van der Waals surface area contributed by atoms with Crippen LogP contribution in [0.25, 0.3) is 16.2 Å². The molecule has 1 amide bonds. The van der Waals surface area contributed by atoms with Crippen LogP contribution in [0.5, 0.6) is 0 Å². The summed E-state index contributed by atoms with van der Waals surface area (Å²) in [5.41, 5.74) is 3.85. The average molecular weight is 286 g/mol. The minimum atomic E-state index is 0.682. The molecule has 0 aliphatic rings. The van der Waals surface area contributed by atoms with E-state index in [2.05, 4.69) is 9.97 Å². The minimum Gasteiger partial charge on any atom is -0.306 e. The molecule has 3 aromatic rings. The number of thiazole rings is 1. The fraction of sp³-hybridized carbons (Fsp3) is 0.214. The van der Waals surface area contributed by atoms with Crippen LogP contribution in [0, 0.1) is 13.8 Å². The van der Waals surface area contributed by atoms with Gasteiger partial charge in [0.2, 0.25) is 6.41 Å². The Labute approximate surface area is 120 Å². The Bertz CT molecular complexity index is 790. The zero-order valence-electron chi connectivity index (χ0n) is 11.5. The minimum absolute atomic E-state index is 0.682. The lowest BCUT2D eigenvalue weighted by molar-refractivity contribution is -0.107. The van der Waals surface area contributed by atoms with Gasteiger partial charge in [-0.1, -0.05) is 17.4 Å². The molecule has 0 aliphatic carbocycles. The molecule has 3 heterocycles. The molecule has 0 unspecified atom stereocenters. The first kappa shape index (κ1) is 12.8. The van der Waals surface area contributed by atoms with Crippen molar-refractivity contribution in [3.8, 4) is 10.6 Å². The number of pyridine rings is 1. The molecule has 0 saturated heterocycles. The highest BCUT2D eigenvalue weighted by Gasteiger charge is 2.15. The summed E-state index contributed by atoms with van der Waals surface area (Å²) in [6.45, 7) is 3.97. The third-order valence-electron chi connectivity index (χ3n) is 3.16. The first-order valence-corrected chi connectivity index (χ1v) is 7.02. The van der Waals surface area contributed by atoms with Crippen LogP contribution >= 0.6 is 11.3 Å². The van der Waals surface area contributed by atoms with Gasteiger partial charge in [-0.15, -0.1) is 0 Å². The maximum Gasteiger partial charge on any atom is 0.215 e. The lowest BCUT2D eigenvalue weighted by atomic mass is 10.3. The van der Waals surface area contributed by atoms with Gasteiger partial charge >= 0.3 is 0 Å². The van der Waals surface area contributed by atoms with Crippen molar-refractivity contribution in [2.45, 2.75) is 13.8 Å². The number of fused-ring (bicyclic) bond motifs is 1. The fourth-order valence-corrected chi connectivity index (χ4v) is 3.03. The Morgan fingerprint density at radius 3 is 2.85 bits per heavy atom. The molecule has 0 fully saturated rings. The van der Waals surface area contributed by atoms with Gasteiger partial charge in [-0.25, -0.2) is 9.97 Å². The van der Waals surface area contributed by atoms with Crippen LogP contribution in [0.3, 0.4) is 0 Å². The number of aryl methyl sites for hydroxylation is 2. The van der Waals surface area contributed by atoms with Gasteiger partial charge in [-0.2, -0.15) is 0 Å². The third-order valence-corrected chi connectivity index (χ3v) is 4.43. The van der Waals surface area contributed by atoms with Crippen molar-refractivity contribution < 1.29 is 4.79 Å². The van der Waals surface area contributed by atoms with Crippen molar-refractivity contribution in [2.24, 2.45) is 0 Å². The van der Waals surface area contributed by atoms with E-state index in [0.29, 0.717) is 5.13 Å². The van der Waals surface area contributed by atoms with Gasteiger partial charge in [-0.05, 0) is 25.5 Å². The predicted octanol–water partition coefficient (Wildman–Crippen LogP) is 2.67. The first-order valence-electron chi connectivity index (χ1n) is 6.20. The van der Waals surface area contributed by atoms with Crippen molar-refractivity contribution in [1.82, 2.24) is 14.4 Å². The summed E-state index contributed by atoms with van der Waals surface area (Å²) in [7, 11) is 1.70. The molecule has 0 radical (unpaired) electrons. The van der Waals surface area contributed by atoms with Gasteiger partial charge in [0.15, 0.2) is 5.13 Å². The smallest absolute Gasteiger partial charge is 0.215 e. The average Bonchev–Trinajstić information content (AvgIpc) is 3.02. The molecule has 0 saturated carbocycles. The highest BCUT2D eigenvalue weighted by Crippen LogP contribution is 2.33. The number of imidazole rings is 1. The highest BCUT2D eigenvalue weighted by atomic mass is 32.1. The number of carbonyl (C=O) groups is 1. The fourth-order valence-electron chi connectivity index (χ4n) is 2.08. The number of aromatic nitrogens is 3. The van der Waals surface area contributed by atoms with E-state index in [1.807, 2.05) is 42.8 Å². The van der Waals surface area contributed by atoms with Crippen molar-refractivity contribution in [1.29, 1.82) is 0 Å². The SMILES string of the molecule is Cc1nc(N(C)C=O)sc1-c1cn2cccc(C)c2n1. The zero-order chi connectivity index (χ0) is 14.3. The molecule has 0 bridgehead atoms. The Kier molecular flexibility index (Phi) is 3.02. The second-order valence-electron chi connectivity index (χ2n) is 4.68. The number of hydrogen-bond donors (Lipinski definition) is 0. The van der Waals surface area contributed by atoms with E-state index < -0.39 is 0 Å². The lowest BCUT2D eigenvalue weighted by Gasteiger charge is -2.02. The Morgan fingerprint density at radius 2 is 2.15 bits per heavy atom. The molecule has 6 heteroatoms. The van der Waals surface area contributed by atoms with E-state index in [9.17, 15) is 4.79 Å². The maximum atomic E-state index is 10.8. The summed E-state index contributed by atoms with van der Waals surface area (Å²) < 4.78 is 2.01. The van der Waals surface area contributed by atoms with Crippen molar-refractivity contribution in [3.05, 3.63) is 35.8 Å². The Hall–Kier alpha value is -2.21. The van der Waals surface area contributed by atoms with E-state index in [4.69, 9.17) is 0 Å². The van der Waals surface area contributed by atoms with Gasteiger partial charge in [0.05, 0.1) is 10.6 Å². The topological polar surface area (TPSA) is 50.5 Å². The lowest BCUT2D eigenvalue weighted by Crippen LogP contribution is -2.12. The first-order chi connectivity index (χ1) is 9.60. The van der Waals surface area contributed by atoms with E-state index in [0.717, 1.165) is 33.9 Å². The second kappa shape index (κ2) is 4.72. The standard InChI is InChI=1S/C14H14N4OS/c1-9-5-4-6-18-7-11(16-13(9)18)12-10(2)15-14(20-12)17(3)8-19/h4-8H,1-3H3. The van der Waals surface area contributed by atoms with E-state index in [1.54, 1.807) is 7.05 Å². The van der Waals surface area contributed by atoms with Gasteiger partial charge in [0.1, 0.15) is 11.3 Å². The molecule has 5 nitrogen and oxygen atoms in total. The van der Waals surface area contributed by atoms with Crippen LogP contribution in [0.4, 0.5) is 5.13 Å². The Balaban J connectivity index is 2.13. The maximum absolute atomic E-state index is 10.8. The van der Waals surface area contributed by atoms with Gasteiger partial charge in [0, 0.05) is 19.4 Å². The zero-order valence-corrected chi connectivity index (χ0v) is 12.3. The van der Waals surface area contributed by atoms with Gasteiger partial charge in [-0.3, -0.25) is 9.69 Å². The molecule has 0 atom stereocenters. The van der Waals surface area contributed by atoms with Crippen LogP contribution in [-0.4, -0.2) is 27.8 Å². The number of rotatable bonds is 3. The number of nitrogens with zero attached hydrogens (tertiary/aromatic N) is 4. The van der Waals surface area contributed by atoms with Crippen molar-refractivity contribution in [3.63, 3.8) is 0 Å². The summed E-state index contributed by atoms with van der Waals surface area (Å²) in [6.07, 6.45) is 4.73. The number of amides is 1. The molecule has 20 heavy (non-hydrogen) atoms. The number of hydrogen-bond acceptors (Lipinski definition) is 4. The monoisotopic (exact) mass is 286 g/mol. The molecule has 0 aliphatic heterocycles. The van der Waals surface area contributed by atoms with Crippen LogP contribution in [-0.2, 0) is 4.79 Å². The normalized spacial score (nSPS) is 10.9. The van der Waals surface area contributed by atoms with Crippen LogP contribution in [0.2, 0.25) is 0 Å².